The van der Waals surface area contributed by atoms with Gasteiger partial charge in [-0.15, -0.1) is 12.4 Å². The molecule has 1 aliphatic heterocycles. The zero-order chi connectivity index (χ0) is 17.3. The Morgan fingerprint density at radius 1 is 1.25 bits per heavy atom. The van der Waals surface area contributed by atoms with E-state index in [-0.39, 0.29) is 29.5 Å². The molecule has 1 aliphatic rings. The second-order valence-electron chi connectivity index (χ2n) is 7.22. The highest BCUT2D eigenvalue weighted by atomic mass is 35.5. The molecule has 1 atom stereocenters. The Balaban J connectivity index is 0.00000288. The van der Waals surface area contributed by atoms with Crippen LogP contribution in [0.25, 0.3) is 0 Å². The summed E-state index contributed by atoms with van der Waals surface area (Å²) in [5, 5.41) is 8.98. The molecule has 0 radical (unpaired) electrons. The molecular formula is C17H26ClNO4S. The smallest absolute Gasteiger partial charge is 0.307 e. The third-order valence-corrected chi connectivity index (χ3v) is 6.09. The normalized spacial score (nSPS) is 19.0. The molecule has 0 spiro atoms. The van der Waals surface area contributed by atoms with Gasteiger partial charge in [-0.05, 0) is 36.1 Å². The maximum atomic E-state index is 12.4. The lowest BCUT2D eigenvalue weighted by atomic mass is 9.87. The summed E-state index contributed by atoms with van der Waals surface area (Å²) in [6.45, 7) is 7.73. The van der Waals surface area contributed by atoms with Gasteiger partial charge in [-0.2, -0.15) is 0 Å². The Hall–Kier alpha value is -1.11. The maximum Gasteiger partial charge on any atom is 0.307 e. The third kappa shape index (κ3) is 5.19. The summed E-state index contributed by atoms with van der Waals surface area (Å²) < 4.78 is 24.8. The Bertz CT molecular complexity index is 665. The number of carboxylic acid groups (broad SMARTS) is 1. The van der Waals surface area contributed by atoms with Gasteiger partial charge in [0.05, 0.1) is 16.6 Å². The first kappa shape index (κ1) is 20.9. The largest absolute Gasteiger partial charge is 0.481 e. The molecule has 1 N–H and O–H groups in total. The van der Waals surface area contributed by atoms with Gasteiger partial charge >= 0.3 is 5.97 Å². The predicted molar refractivity (Wildman–Crippen MR) is 96.6 cm³/mol. The van der Waals surface area contributed by atoms with Crippen molar-refractivity contribution >= 4 is 28.2 Å². The lowest BCUT2D eigenvalue weighted by molar-refractivity contribution is -0.141. The fourth-order valence-corrected chi connectivity index (χ4v) is 4.05. The quantitative estimate of drug-likeness (QED) is 0.856. The van der Waals surface area contributed by atoms with Crippen molar-refractivity contribution in [3.63, 3.8) is 0 Å². The molecule has 0 bridgehead atoms. The molecule has 7 heteroatoms. The minimum Gasteiger partial charge on any atom is -0.481 e. The van der Waals surface area contributed by atoms with Gasteiger partial charge in [-0.1, -0.05) is 32.9 Å². The summed E-state index contributed by atoms with van der Waals surface area (Å²) in [6.07, 6.45) is 0.593. The van der Waals surface area contributed by atoms with E-state index in [1.807, 2.05) is 17.0 Å². The van der Waals surface area contributed by atoms with E-state index < -0.39 is 15.8 Å². The average molecular weight is 376 g/mol. The predicted octanol–water partition coefficient (Wildman–Crippen LogP) is 2.59. The standard InChI is InChI=1S/C17H25NO4S.ClH/c1-17(2,3)14-4-6-15(7-5-14)23(21,22)11-10-18-9-8-13(12-18)16(19)20;/h4-7,13H,8-12H2,1-3H3,(H,19,20);1H. The fraction of sp³-hybridized carbons (Fsp3) is 0.588. The topological polar surface area (TPSA) is 74.7 Å². The molecule has 1 saturated heterocycles. The van der Waals surface area contributed by atoms with Crippen LogP contribution >= 0.6 is 12.4 Å². The van der Waals surface area contributed by atoms with Crippen LogP contribution in [0.5, 0.6) is 0 Å². The van der Waals surface area contributed by atoms with Crippen molar-refractivity contribution in [3.8, 4) is 0 Å². The minimum absolute atomic E-state index is 0. The first-order valence-corrected chi connectivity index (χ1v) is 9.53. The van der Waals surface area contributed by atoms with Crippen molar-refractivity contribution < 1.29 is 18.3 Å². The molecule has 0 aliphatic carbocycles. The average Bonchev–Trinajstić information content (AvgIpc) is 2.94. The van der Waals surface area contributed by atoms with E-state index >= 15 is 0 Å². The number of carboxylic acids is 1. The van der Waals surface area contributed by atoms with Gasteiger partial charge in [0, 0.05) is 13.1 Å². The SMILES string of the molecule is CC(C)(C)c1ccc(S(=O)(=O)CCN2CCC(C(=O)O)C2)cc1.Cl. The molecular weight excluding hydrogens is 350 g/mol. The first-order valence-electron chi connectivity index (χ1n) is 7.88. The summed E-state index contributed by atoms with van der Waals surface area (Å²) in [5.41, 5.74) is 1.09. The van der Waals surface area contributed by atoms with Crippen LogP contribution in [0.3, 0.4) is 0 Å². The van der Waals surface area contributed by atoms with Crippen LogP contribution in [0.1, 0.15) is 32.8 Å². The lowest BCUT2D eigenvalue weighted by Gasteiger charge is -2.19. The van der Waals surface area contributed by atoms with E-state index in [4.69, 9.17) is 5.11 Å². The molecule has 1 heterocycles. The van der Waals surface area contributed by atoms with E-state index in [0.717, 1.165) is 5.56 Å². The highest BCUT2D eigenvalue weighted by Gasteiger charge is 2.28. The van der Waals surface area contributed by atoms with Gasteiger partial charge in [0.15, 0.2) is 9.84 Å². The second-order valence-corrected chi connectivity index (χ2v) is 9.33. The maximum absolute atomic E-state index is 12.4. The highest BCUT2D eigenvalue weighted by molar-refractivity contribution is 7.91. The molecule has 5 nitrogen and oxygen atoms in total. The number of aliphatic carboxylic acids is 1. The van der Waals surface area contributed by atoms with E-state index in [9.17, 15) is 13.2 Å². The highest BCUT2D eigenvalue weighted by Crippen LogP contribution is 2.24. The Kier molecular flexibility index (Phi) is 6.84. The summed E-state index contributed by atoms with van der Waals surface area (Å²) >= 11 is 0. The fourth-order valence-electron chi connectivity index (χ4n) is 2.77. The Morgan fingerprint density at radius 3 is 2.29 bits per heavy atom. The molecule has 0 aromatic heterocycles. The number of benzene rings is 1. The minimum atomic E-state index is -3.34. The van der Waals surface area contributed by atoms with Gasteiger partial charge in [-0.3, -0.25) is 4.79 Å². The summed E-state index contributed by atoms with van der Waals surface area (Å²) in [7, 11) is -3.34. The van der Waals surface area contributed by atoms with Crippen LogP contribution in [0.4, 0.5) is 0 Å². The first-order chi connectivity index (χ1) is 10.6. The number of rotatable bonds is 5. The van der Waals surface area contributed by atoms with Crippen LogP contribution in [0.15, 0.2) is 29.2 Å². The van der Waals surface area contributed by atoms with E-state index in [0.29, 0.717) is 31.0 Å². The van der Waals surface area contributed by atoms with Crippen LogP contribution in [0, 0.1) is 5.92 Å². The monoisotopic (exact) mass is 375 g/mol. The number of carbonyl (C=O) groups is 1. The number of hydrogen-bond donors (Lipinski definition) is 1. The van der Waals surface area contributed by atoms with Crippen molar-refractivity contribution in [2.45, 2.75) is 37.5 Å². The third-order valence-electron chi connectivity index (χ3n) is 4.38. The number of hydrogen-bond acceptors (Lipinski definition) is 4. The number of nitrogens with zero attached hydrogens (tertiary/aromatic N) is 1. The van der Waals surface area contributed by atoms with Crippen LogP contribution in [0.2, 0.25) is 0 Å². The number of likely N-dealkylation sites (tertiary alicyclic amines) is 1. The molecule has 0 amide bonds. The Labute approximate surface area is 150 Å². The zero-order valence-electron chi connectivity index (χ0n) is 14.4. The van der Waals surface area contributed by atoms with E-state index in [1.165, 1.54) is 0 Å². The van der Waals surface area contributed by atoms with E-state index in [1.54, 1.807) is 12.1 Å². The van der Waals surface area contributed by atoms with Crippen molar-refractivity contribution in [2.75, 3.05) is 25.4 Å². The summed E-state index contributed by atoms with van der Waals surface area (Å²) in [4.78, 5) is 13.2. The van der Waals surface area contributed by atoms with Gasteiger partial charge in [0.25, 0.3) is 0 Å². The summed E-state index contributed by atoms with van der Waals surface area (Å²) in [5.74, 6) is -1.15. The summed E-state index contributed by atoms with van der Waals surface area (Å²) in [6, 6.07) is 7.06. The van der Waals surface area contributed by atoms with Crippen LogP contribution in [-0.4, -0.2) is 49.8 Å². The zero-order valence-corrected chi connectivity index (χ0v) is 16.0. The molecule has 136 valence electrons. The molecule has 0 saturated carbocycles. The molecule has 2 rings (SSSR count). The van der Waals surface area contributed by atoms with Crippen molar-refractivity contribution in [1.29, 1.82) is 0 Å². The van der Waals surface area contributed by atoms with Crippen molar-refractivity contribution in [1.82, 2.24) is 4.90 Å². The lowest BCUT2D eigenvalue weighted by Crippen LogP contribution is -2.28. The molecule has 1 fully saturated rings. The van der Waals surface area contributed by atoms with Gasteiger partial charge in [-0.25, -0.2) is 8.42 Å². The van der Waals surface area contributed by atoms with Crippen molar-refractivity contribution in [3.05, 3.63) is 29.8 Å². The van der Waals surface area contributed by atoms with Crippen molar-refractivity contribution in [2.24, 2.45) is 5.92 Å². The van der Waals surface area contributed by atoms with Gasteiger partial charge in [0.2, 0.25) is 0 Å². The van der Waals surface area contributed by atoms with Gasteiger partial charge in [0.1, 0.15) is 0 Å². The Morgan fingerprint density at radius 2 is 1.83 bits per heavy atom. The van der Waals surface area contributed by atoms with E-state index in [2.05, 4.69) is 20.8 Å². The number of halogens is 1. The number of sulfone groups is 1. The molecule has 24 heavy (non-hydrogen) atoms. The molecule has 1 aromatic carbocycles. The van der Waals surface area contributed by atoms with Crippen LogP contribution < -0.4 is 0 Å². The van der Waals surface area contributed by atoms with Crippen LogP contribution in [-0.2, 0) is 20.0 Å². The van der Waals surface area contributed by atoms with Gasteiger partial charge < -0.3 is 10.0 Å². The molecule has 1 aromatic rings. The second kappa shape index (κ2) is 7.85. The molecule has 1 unspecified atom stereocenters.